The van der Waals surface area contributed by atoms with Crippen molar-refractivity contribution in [1.29, 1.82) is 0 Å². The van der Waals surface area contributed by atoms with Gasteiger partial charge in [-0.3, -0.25) is 14.9 Å². The third-order valence-corrected chi connectivity index (χ3v) is 2.11. The van der Waals surface area contributed by atoms with Crippen LogP contribution in [0.3, 0.4) is 0 Å². The Bertz CT molecular complexity index is 489. The van der Waals surface area contributed by atoms with E-state index in [9.17, 15) is 28.1 Å². The minimum atomic E-state index is -4.85. The quantitative estimate of drug-likeness (QED) is 0.503. The van der Waals surface area contributed by atoms with Crippen LogP contribution >= 0.6 is 0 Å². The zero-order chi connectivity index (χ0) is 14.6. The molecule has 1 N–H and O–H groups in total. The lowest BCUT2D eigenvalue weighted by Crippen LogP contribution is -2.34. The highest BCUT2D eigenvalue weighted by atomic mass is 19.4. The van der Waals surface area contributed by atoms with Gasteiger partial charge in [-0.25, -0.2) is 0 Å². The number of carbonyl (C=O) groups is 1. The lowest BCUT2D eigenvalue weighted by molar-refractivity contribution is -0.384. The number of rotatable bonds is 5. The van der Waals surface area contributed by atoms with Gasteiger partial charge in [0.25, 0.3) is 5.69 Å². The van der Waals surface area contributed by atoms with E-state index in [1.165, 1.54) is 0 Å². The molecule has 0 aliphatic heterocycles. The third kappa shape index (κ3) is 3.91. The smallest absolute Gasteiger partial charge is 0.417 e. The molecule has 6 nitrogen and oxygen atoms in total. The molecule has 0 spiro atoms. The van der Waals surface area contributed by atoms with Crippen LogP contribution in [-0.2, 0) is 0 Å². The lowest BCUT2D eigenvalue weighted by atomic mass is 10.2. The molecule has 1 rings (SSSR count). The Kier molecular flexibility index (Phi) is 4.43. The Labute approximate surface area is 104 Å². The molecule has 0 fully saturated rings. The number of non-ortho nitro benzene ring substituents is 1. The first-order valence-corrected chi connectivity index (χ1v) is 4.87. The van der Waals surface area contributed by atoms with Crippen molar-refractivity contribution in [3.8, 4) is 5.75 Å². The van der Waals surface area contributed by atoms with E-state index >= 15 is 0 Å². The predicted molar refractivity (Wildman–Crippen MR) is 56.0 cm³/mol. The number of aldehydes is 1. The number of nitrogens with zero attached hydrogens (tertiary/aromatic N) is 1. The second kappa shape index (κ2) is 5.65. The third-order valence-electron chi connectivity index (χ3n) is 2.11. The van der Waals surface area contributed by atoms with Gasteiger partial charge in [0.15, 0.2) is 12.4 Å². The number of aliphatic hydroxyl groups excluding tert-OH is 1. The Morgan fingerprint density at radius 2 is 2.11 bits per heavy atom. The normalized spacial score (nSPS) is 12.8. The average Bonchev–Trinajstić information content (AvgIpc) is 2.34. The van der Waals surface area contributed by atoms with Gasteiger partial charge in [0, 0.05) is 12.1 Å². The van der Waals surface area contributed by atoms with Crippen LogP contribution in [0, 0.1) is 10.1 Å². The number of alkyl halides is 3. The summed E-state index contributed by atoms with van der Waals surface area (Å²) in [6, 6.07) is 2.83. The molecule has 9 heteroatoms. The Morgan fingerprint density at radius 1 is 1.47 bits per heavy atom. The van der Waals surface area contributed by atoms with E-state index in [0.717, 1.165) is 18.2 Å². The van der Waals surface area contributed by atoms with Crippen molar-refractivity contribution in [2.45, 2.75) is 12.3 Å². The Morgan fingerprint density at radius 3 is 2.58 bits per heavy atom. The fourth-order valence-electron chi connectivity index (χ4n) is 1.14. The number of aliphatic hydroxyl groups is 1. The molecule has 0 heterocycles. The minimum absolute atomic E-state index is 0.211. The van der Waals surface area contributed by atoms with Crippen molar-refractivity contribution < 1.29 is 32.7 Å². The number of nitro groups is 1. The molecule has 0 aliphatic carbocycles. The van der Waals surface area contributed by atoms with Crippen molar-refractivity contribution in [2.75, 3.05) is 6.61 Å². The van der Waals surface area contributed by atoms with Crippen LogP contribution in [0.4, 0.5) is 18.9 Å². The first kappa shape index (κ1) is 14.9. The van der Waals surface area contributed by atoms with Crippen molar-refractivity contribution in [3.63, 3.8) is 0 Å². The van der Waals surface area contributed by atoms with Gasteiger partial charge in [-0.2, -0.15) is 13.2 Å². The number of carbonyl (C=O) groups excluding carboxylic acids is 1. The van der Waals surface area contributed by atoms with Gasteiger partial charge in [0.05, 0.1) is 10.5 Å². The van der Waals surface area contributed by atoms with E-state index in [1.54, 1.807) is 0 Å². The molecule has 1 aromatic carbocycles. The van der Waals surface area contributed by atoms with E-state index in [-0.39, 0.29) is 17.6 Å². The summed E-state index contributed by atoms with van der Waals surface area (Å²) in [5, 5.41) is 19.1. The molecule has 104 valence electrons. The molecule has 0 amide bonds. The maximum absolute atomic E-state index is 12.0. The molecule has 0 radical (unpaired) electrons. The summed E-state index contributed by atoms with van der Waals surface area (Å²) in [5.41, 5.74) is -0.672. The van der Waals surface area contributed by atoms with Gasteiger partial charge < -0.3 is 9.84 Å². The second-order valence-corrected chi connectivity index (χ2v) is 3.47. The zero-order valence-corrected chi connectivity index (χ0v) is 9.26. The van der Waals surface area contributed by atoms with E-state index in [0.29, 0.717) is 0 Å². The Hall–Kier alpha value is -2.16. The minimum Gasteiger partial charge on any atom is -0.490 e. The summed E-state index contributed by atoms with van der Waals surface area (Å²) in [7, 11) is 0. The standard InChI is InChI=1S/C10H8F3NO5/c11-10(12,13)9(16)5-19-8-2-1-7(14(17)18)3-6(8)4-15/h1-4,9,16H,5H2. The van der Waals surface area contributed by atoms with Crippen molar-refractivity contribution in [3.05, 3.63) is 33.9 Å². The summed E-state index contributed by atoms with van der Waals surface area (Å²) in [4.78, 5) is 20.3. The summed E-state index contributed by atoms with van der Waals surface area (Å²) in [6.07, 6.45) is -7.34. The van der Waals surface area contributed by atoms with E-state index < -0.39 is 29.5 Å². The fourth-order valence-corrected chi connectivity index (χ4v) is 1.14. The van der Waals surface area contributed by atoms with Crippen LogP contribution in [0.15, 0.2) is 18.2 Å². The number of hydrogen-bond donors (Lipinski definition) is 1. The van der Waals surface area contributed by atoms with Crippen LogP contribution in [0.1, 0.15) is 10.4 Å². The van der Waals surface area contributed by atoms with Crippen LogP contribution in [0.25, 0.3) is 0 Å². The summed E-state index contributed by atoms with van der Waals surface area (Å²) < 4.78 is 40.7. The molecule has 1 atom stereocenters. The maximum Gasteiger partial charge on any atom is 0.417 e. The molecule has 0 bridgehead atoms. The van der Waals surface area contributed by atoms with Gasteiger partial charge in [0.1, 0.15) is 12.4 Å². The average molecular weight is 279 g/mol. The molecule has 0 aliphatic rings. The molecular formula is C10H8F3NO5. The topological polar surface area (TPSA) is 89.7 Å². The van der Waals surface area contributed by atoms with Gasteiger partial charge in [-0.1, -0.05) is 0 Å². The zero-order valence-electron chi connectivity index (χ0n) is 9.26. The molecule has 0 saturated carbocycles. The van der Waals surface area contributed by atoms with Gasteiger partial charge >= 0.3 is 6.18 Å². The second-order valence-electron chi connectivity index (χ2n) is 3.47. The maximum atomic E-state index is 12.0. The SMILES string of the molecule is O=Cc1cc([N+](=O)[O-])ccc1OCC(O)C(F)(F)F. The highest BCUT2D eigenvalue weighted by Gasteiger charge is 2.38. The number of nitro benzene ring substituents is 1. The summed E-state index contributed by atoms with van der Waals surface area (Å²) in [6.45, 7) is -1.11. The van der Waals surface area contributed by atoms with Crippen LogP contribution in [0.5, 0.6) is 5.75 Å². The highest BCUT2D eigenvalue weighted by Crippen LogP contribution is 2.25. The number of halogens is 3. The van der Waals surface area contributed by atoms with E-state index in [1.807, 2.05) is 0 Å². The summed E-state index contributed by atoms with van der Waals surface area (Å²) >= 11 is 0. The summed E-state index contributed by atoms with van der Waals surface area (Å²) in [5.74, 6) is -0.274. The number of benzene rings is 1. The first-order chi connectivity index (χ1) is 8.75. The van der Waals surface area contributed by atoms with Gasteiger partial charge in [-0.15, -0.1) is 0 Å². The monoisotopic (exact) mass is 279 g/mol. The first-order valence-electron chi connectivity index (χ1n) is 4.87. The molecular weight excluding hydrogens is 271 g/mol. The van der Waals surface area contributed by atoms with Crippen LogP contribution in [0.2, 0.25) is 0 Å². The molecule has 1 unspecified atom stereocenters. The predicted octanol–water partition coefficient (Wildman–Crippen LogP) is 1.71. The fraction of sp³-hybridized carbons (Fsp3) is 0.300. The molecule has 0 saturated heterocycles. The van der Waals surface area contributed by atoms with E-state index in [4.69, 9.17) is 5.11 Å². The van der Waals surface area contributed by atoms with Crippen LogP contribution in [-0.4, -0.2) is 35.2 Å². The van der Waals surface area contributed by atoms with Gasteiger partial charge in [-0.05, 0) is 6.07 Å². The molecule has 0 aromatic heterocycles. The largest absolute Gasteiger partial charge is 0.490 e. The van der Waals surface area contributed by atoms with Crippen LogP contribution < -0.4 is 4.74 Å². The molecule has 1 aromatic rings. The number of ether oxygens (including phenoxy) is 1. The van der Waals surface area contributed by atoms with E-state index in [2.05, 4.69) is 4.74 Å². The van der Waals surface area contributed by atoms with Crippen molar-refractivity contribution in [2.24, 2.45) is 0 Å². The van der Waals surface area contributed by atoms with Crippen molar-refractivity contribution in [1.82, 2.24) is 0 Å². The molecule has 19 heavy (non-hydrogen) atoms. The number of hydrogen-bond acceptors (Lipinski definition) is 5. The highest BCUT2D eigenvalue weighted by molar-refractivity contribution is 5.80. The Balaban J connectivity index is 2.85. The van der Waals surface area contributed by atoms with Gasteiger partial charge in [0.2, 0.25) is 0 Å². The van der Waals surface area contributed by atoms with Crippen molar-refractivity contribution >= 4 is 12.0 Å². The lowest BCUT2D eigenvalue weighted by Gasteiger charge is -2.15.